The van der Waals surface area contributed by atoms with Crippen molar-refractivity contribution in [3.05, 3.63) is 24.3 Å². The average Bonchev–Trinajstić information content (AvgIpc) is 3.40. The molecule has 0 aromatic carbocycles. The van der Waals surface area contributed by atoms with Crippen LogP contribution in [0.1, 0.15) is 393 Å². The number of unbranched alkanes of at least 4 members (excludes halogenated alkanes) is 53. The minimum Gasteiger partial charge on any atom is -0.394 e. The highest BCUT2D eigenvalue weighted by Crippen LogP contribution is 2.19. The van der Waals surface area contributed by atoms with Gasteiger partial charge in [-0.15, -0.1) is 0 Å². The second-order valence-corrected chi connectivity index (χ2v) is 23.6. The number of aliphatic hydroxyl groups excluding tert-OH is 2. The minimum absolute atomic E-state index is 0.0235. The summed E-state index contributed by atoms with van der Waals surface area (Å²) < 4.78 is 0. The molecule has 2 atom stereocenters. The summed E-state index contributed by atoms with van der Waals surface area (Å²) in [7, 11) is 0. The van der Waals surface area contributed by atoms with Crippen molar-refractivity contribution in [1.82, 2.24) is 5.32 Å². The van der Waals surface area contributed by atoms with E-state index in [1.54, 1.807) is 0 Å². The first-order valence-corrected chi connectivity index (χ1v) is 34.0. The van der Waals surface area contributed by atoms with Gasteiger partial charge in [0, 0.05) is 6.42 Å². The van der Waals surface area contributed by atoms with Gasteiger partial charge in [-0.05, 0) is 44.9 Å². The lowest BCUT2D eigenvalue weighted by Crippen LogP contribution is -2.45. The summed E-state index contributed by atoms with van der Waals surface area (Å²) in [6, 6.07) is -0.536. The third-order valence-corrected chi connectivity index (χ3v) is 16.2. The number of amides is 1. The first kappa shape index (κ1) is 71.9. The lowest BCUT2D eigenvalue weighted by atomic mass is 10.0. The Labute approximate surface area is 459 Å². The van der Waals surface area contributed by atoms with E-state index < -0.39 is 12.1 Å². The standard InChI is InChI=1S/C69H135NO3/c1-3-5-7-9-11-13-15-17-19-21-23-25-27-28-29-30-31-32-33-34-35-36-37-38-39-40-41-42-43-45-47-49-51-53-55-57-59-61-63-65-69(73)70-67(66-71)68(72)64-62-60-58-56-54-52-50-48-46-44-26-24-22-20-18-16-14-12-10-8-6-4-2/h31-32,34-35,67-68,71-72H,3-30,33,36-66H2,1-2H3,(H,70,73)/b32-31-,35-34-. The summed E-state index contributed by atoms with van der Waals surface area (Å²) >= 11 is 0. The van der Waals surface area contributed by atoms with E-state index in [0.717, 1.165) is 32.1 Å². The summed E-state index contributed by atoms with van der Waals surface area (Å²) in [6.07, 6.45) is 88.0. The highest BCUT2D eigenvalue weighted by Gasteiger charge is 2.20. The van der Waals surface area contributed by atoms with Crippen LogP contribution in [0, 0.1) is 0 Å². The van der Waals surface area contributed by atoms with Crippen molar-refractivity contribution in [2.45, 2.75) is 405 Å². The van der Waals surface area contributed by atoms with Crippen molar-refractivity contribution in [3.63, 3.8) is 0 Å². The van der Waals surface area contributed by atoms with Gasteiger partial charge in [0.25, 0.3) is 0 Å². The maximum Gasteiger partial charge on any atom is 0.220 e. The molecule has 0 aliphatic heterocycles. The zero-order valence-electron chi connectivity index (χ0n) is 50.2. The molecule has 0 rings (SSSR count). The van der Waals surface area contributed by atoms with Crippen LogP contribution in [0.5, 0.6) is 0 Å². The normalized spacial score (nSPS) is 12.8. The molecule has 0 fully saturated rings. The molecule has 0 saturated heterocycles. The van der Waals surface area contributed by atoms with Crippen LogP contribution in [0.15, 0.2) is 24.3 Å². The molecule has 0 radical (unpaired) electrons. The Morgan fingerprint density at radius 2 is 0.562 bits per heavy atom. The minimum atomic E-state index is -0.659. The van der Waals surface area contributed by atoms with Gasteiger partial charge in [0.1, 0.15) is 0 Å². The SMILES string of the molecule is CCCCCCCCCCCCCCCCC/C=C\C/C=C\CCCCCCCCCCCCCCCCCCCC(=O)NC(CO)C(O)CCCCCCCCCCCCCCCCCCCCCCCC. The fraction of sp³-hybridized carbons (Fsp3) is 0.928. The van der Waals surface area contributed by atoms with Crippen molar-refractivity contribution < 1.29 is 15.0 Å². The Bertz CT molecular complexity index is 1070. The van der Waals surface area contributed by atoms with E-state index in [9.17, 15) is 15.0 Å². The number of hydrogen-bond acceptors (Lipinski definition) is 3. The van der Waals surface area contributed by atoms with E-state index >= 15 is 0 Å². The number of hydrogen-bond donors (Lipinski definition) is 3. The zero-order valence-corrected chi connectivity index (χ0v) is 50.2. The van der Waals surface area contributed by atoms with Crippen molar-refractivity contribution >= 4 is 5.91 Å². The molecule has 4 heteroatoms. The molecule has 0 aromatic heterocycles. The van der Waals surface area contributed by atoms with Crippen LogP contribution in [-0.2, 0) is 4.79 Å². The summed E-state index contributed by atoms with van der Waals surface area (Å²) in [5.41, 5.74) is 0. The van der Waals surface area contributed by atoms with E-state index in [1.165, 1.54) is 334 Å². The van der Waals surface area contributed by atoms with Crippen LogP contribution >= 0.6 is 0 Å². The Morgan fingerprint density at radius 1 is 0.329 bits per heavy atom. The number of nitrogens with one attached hydrogen (secondary N) is 1. The molecule has 1 amide bonds. The van der Waals surface area contributed by atoms with Gasteiger partial charge in [-0.3, -0.25) is 4.79 Å². The molecule has 0 spiro atoms. The molecule has 0 aliphatic carbocycles. The second kappa shape index (κ2) is 65.2. The van der Waals surface area contributed by atoms with Gasteiger partial charge in [0.15, 0.2) is 0 Å². The van der Waals surface area contributed by atoms with Gasteiger partial charge in [-0.1, -0.05) is 366 Å². The topological polar surface area (TPSA) is 69.6 Å². The van der Waals surface area contributed by atoms with Gasteiger partial charge in [-0.25, -0.2) is 0 Å². The monoisotopic (exact) mass is 1030 g/mol. The Kier molecular flexibility index (Phi) is 64.1. The quantitative estimate of drug-likeness (QED) is 0.0420. The highest BCUT2D eigenvalue weighted by atomic mass is 16.3. The second-order valence-electron chi connectivity index (χ2n) is 23.6. The molecule has 0 bridgehead atoms. The molecular formula is C69H135NO3. The molecule has 434 valence electrons. The fourth-order valence-corrected chi connectivity index (χ4v) is 11.0. The van der Waals surface area contributed by atoms with E-state index in [2.05, 4.69) is 43.5 Å². The first-order valence-electron chi connectivity index (χ1n) is 34.0. The molecule has 0 saturated carbocycles. The molecule has 73 heavy (non-hydrogen) atoms. The molecule has 4 nitrogen and oxygen atoms in total. The summed E-state index contributed by atoms with van der Waals surface area (Å²) in [4.78, 5) is 12.5. The predicted octanol–water partition coefficient (Wildman–Crippen LogP) is 23.0. The third-order valence-electron chi connectivity index (χ3n) is 16.2. The van der Waals surface area contributed by atoms with Crippen LogP contribution in [-0.4, -0.2) is 34.9 Å². The fourth-order valence-electron chi connectivity index (χ4n) is 11.0. The molecule has 0 heterocycles. The Hall–Kier alpha value is -1.13. The maximum absolute atomic E-state index is 12.5. The Balaban J connectivity index is 3.39. The van der Waals surface area contributed by atoms with Gasteiger partial charge in [0.05, 0.1) is 18.8 Å². The van der Waals surface area contributed by atoms with E-state index in [-0.39, 0.29) is 12.5 Å². The van der Waals surface area contributed by atoms with Crippen molar-refractivity contribution in [1.29, 1.82) is 0 Å². The summed E-state index contributed by atoms with van der Waals surface area (Å²) in [5.74, 6) is -0.0235. The van der Waals surface area contributed by atoms with Crippen molar-refractivity contribution in [3.8, 4) is 0 Å². The zero-order chi connectivity index (χ0) is 52.7. The van der Waals surface area contributed by atoms with Crippen LogP contribution in [0.3, 0.4) is 0 Å². The lowest BCUT2D eigenvalue weighted by molar-refractivity contribution is -0.123. The molecular weight excluding hydrogens is 891 g/mol. The highest BCUT2D eigenvalue weighted by molar-refractivity contribution is 5.76. The van der Waals surface area contributed by atoms with Crippen molar-refractivity contribution in [2.75, 3.05) is 6.61 Å². The number of carbonyl (C=O) groups excluding carboxylic acids is 1. The maximum atomic E-state index is 12.5. The average molecular weight is 1030 g/mol. The molecule has 3 N–H and O–H groups in total. The molecule has 0 aliphatic rings. The smallest absolute Gasteiger partial charge is 0.220 e. The van der Waals surface area contributed by atoms with Crippen LogP contribution in [0.4, 0.5) is 0 Å². The lowest BCUT2D eigenvalue weighted by Gasteiger charge is -2.22. The Morgan fingerprint density at radius 3 is 0.822 bits per heavy atom. The van der Waals surface area contributed by atoms with Gasteiger partial charge in [-0.2, -0.15) is 0 Å². The van der Waals surface area contributed by atoms with Crippen LogP contribution < -0.4 is 5.32 Å². The van der Waals surface area contributed by atoms with E-state index in [4.69, 9.17) is 0 Å². The summed E-state index contributed by atoms with van der Waals surface area (Å²) in [5, 5.41) is 23.4. The predicted molar refractivity (Wildman–Crippen MR) is 327 cm³/mol. The van der Waals surface area contributed by atoms with Crippen LogP contribution in [0.2, 0.25) is 0 Å². The van der Waals surface area contributed by atoms with Crippen molar-refractivity contribution in [2.24, 2.45) is 0 Å². The largest absolute Gasteiger partial charge is 0.394 e. The van der Waals surface area contributed by atoms with Crippen LogP contribution in [0.25, 0.3) is 0 Å². The van der Waals surface area contributed by atoms with Gasteiger partial charge < -0.3 is 15.5 Å². The molecule has 2 unspecified atom stereocenters. The number of aliphatic hydroxyl groups is 2. The van der Waals surface area contributed by atoms with E-state index in [0.29, 0.717) is 12.8 Å². The molecule has 0 aromatic rings. The van der Waals surface area contributed by atoms with Gasteiger partial charge >= 0.3 is 0 Å². The summed E-state index contributed by atoms with van der Waals surface area (Å²) in [6.45, 7) is 4.41. The number of carbonyl (C=O) groups is 1. The van der Waals surface area contributed by atoms with Gasteiger partial charge in [0.2, 0.25) is 5.91 Å². The first-order chi connectivity index (χ1) is 36.2. The number of rotatable bonds is 64. The third kappa shape index (κ3) is 61.6. The number of allylic oxidation sites excluding steroid dienone is 4. The van der Waals surface area contributed by atoms with E-state index in [1.807, 2.05) is 0 Å².